The third kappa shape index (κ3) is 6.26. The zero-order valence-electron chi connectivity index (χ0n) is 16.7. The lowest BCUT2D eigenvalue weighted by Crippen LogP contribution is -2.16. The summed E-state index contributed by atoms with van der Waals surface area (Å²) < 4.78 is 17.6. The molecule has 31 heavy (non-hydrogen) atoms. The van der Waals surface area contributed by atoms with E-state index in [9.17, 15) is 4.79 Å². The summed E-state index contributed by atoms with van der Waals surface area (Å²) in [6.07, 6.45) is 1.50. The van der Waals surface area contributed by atoms with Gasteiger partial charge in [-0.2, -0.15) is 5.10 Å². The molecule has 0 spiro atoms. The second kappa shape index (κ2) is 10.7. The highest BCUT2D eigenvalue weighted by atomic mass is 79.9. The number of carbonyl (C=O) groups is 1. The topological polar surface area (TPSA) is 73.1 Å². The predicted molar refractivity (Wildman–Crippen MR) is 125 cm³/mol. The molecule has 0 bridgehead atoms. The first-order valence-corrected chi connectivity index (χ1v) is 10.8. The molecule has 0 saturated carbocycles. The molecule has 9 heteroatoms. The Morgan fingerprint density at radius 2 is 2.00 bits per heavy atom. The van der Waals surface area contributed by atoms with Crippen LogP contribution in [0.4, 0.5) is 0 Å². The summed E-state index contributed by atoms with van der Waals surface area (Å²) in [7, 11) is 0. The van der Waals surface area contributed by atoms with E-state index in [1.54, 1.807) is 43.3 Å². The molecule has 0 aliphatic rings. The smallest absolute Gasteiger partial charge is 0.307 e. The van der Waals surface area contributed by atoms with E-state index in [0.717, 1.165) is 5.56 Å². The minimum absolute atomic E-state index is 0.190. The van der Waals surface area contributed by atoms with Gasteiger partial charge >= 0.3 is 5.91 Å². The van der Waals surface area contributed by atoms with Gasteiger partial charge in [-0.15, -0.1) is 0 Å². The summed E-state index contributed by atoms with van der Waals surface area (Å²) in [5, 5.41) is 5.06. The number of hydrazone groups is 1. The number of ether oxygens (including phenoxy) is 2. The fourth-order valence-electron chi connectivity index (χ4n) is 2.63. The molecule has 0 aliphatic heterocycles. The van der Waals surface area contributed by atoms with Crippen LogP contribution in [0.1, 0.15) is 34.4 Å². The number of hydrogen-bond donors (Lipinski definition) is 1. The lowest BCUT2D eigenvalue weighted by atomic mass is 10.2. The van der Waals surface area contributed by atoms with E-state index in [-0.39, 0.29) is 12.4 Å². The molecule has 1 aromatic heterocycles. The van der Waals surface area contributed by atoms with E-state index in [1.807, 2.05) is 13.0 Å². The quantitative estimate of drug-likeness (QED) is 0.273. The van der Waals surface area contributed by atoms with E-state index in [0.29, 0.717) is 43.9 Å². The summed E-state index contributed by atoms with van der Waals surface area (Å²) in [4.78, 5) is 12.0. The van der Waals surface area contributed by atoms with Gasteiger partial charge in [0, 0.05) is 15.6 Å². The fraction of sp³-hybridized carbons (Fsp3) is 0.182. The maximum Gasteiger partial charge on any atom is 0.307 e. The zero-order chi connectivity index (χ0) is 22.4. The molecule has 0 unspecified atom stereocenters. The Balaban J connectivity index is 1.73. The van der Waals surface area contributed by atoms with Gasteiger partial charge in [-0.3, -0.25) is 4.79 Å². The highest BCUT2D eigenvalue weighted by Gasteiger charge is 2.14. The van der Waals surface area contributed by atoms with Crippen molar-refractivity contribution in [1.29, 1.82) is 0 Å². The molecular formula is C22H19BrCl2N2O4. The van der Waals surface area contributed by atoms with Crippen molar-refractivity contribution < 1.29 is 18.7 Å². The molecule has 2 aromatic carbocycles. The minimum atomic E-state index is -0.437. The first kappa shape index (κ1) is 23.2. The Bertz CT molecular complexity index is 1110. The summed E-state index contributed by atoms with van der Waals surface area (Å²) >= 11 is 15.7. The fourth-order valence-corrected chi connectivity index (χ4v) is 3.67. The van der Waals surface area contributed by atoms with Crippen molar-refractivity contribution in [1.82, 2.24) is 5.43 Å². The second-order valence-corrected chi connectivity index (χ2v) is 8.09. The Morgan fingerprint density at radius 3 is 2.68 bits per heavy atom. The molecule has 162 valence electrons. The lowest BCUT2D eigenvalue weighted by molar-refractivity contribution is 0.0926. The minimum Gasteiger partial charge on any atom is -0.490 e. The predicted octanol–water partition coefficient (Wildman–Crippen LogP) is 6.40. The standard InChI is InChI=1S/C22H19BrCl2N2O4/c1-3-29-20-9-14(11-26-27-22(28)19-7-4-13(2)31-19)8-17(23)21(20)30-12-15-5-6-16(24)10-18(15)25/h4-11H,3,12H2,1-2H3,(H,27,28)/b26-11-. The van der Waals surface area contributed by atoms with Crippen LogP contribution in [0.5, 0.6) is 11.5 Å². The van der Waals surface area contributed by atoms with Gasteiger partial charge in [0.05, 0.1) is 17.3 Å². The first-order valence-electron chi connectivity index (χ1n) is 9.30. The van der Waals surface area contributed by atoms with Gasteiger partial charge in [0.1, 0.15) is 12.4 Å². The monoisotopic (exact) mass is 524 g/mol. The number of aryl methyl sites for hydroxylation is 1. The van der Waals surface area contributed by atoms with E-state index < -0.39 is 5.91 Å². The van der Waals surface area contributed by atoms with Crippen molar-refractivity contribution in [3.8, 4) is 11.5 Å². The number of rotatable bonds is 8. The Labute approximate surface area is 198 Å². The maximum absolute atomic E-state index is 12.0. The van der Waals surface area contributed by atoms with Gasteiger partial charge in [-0.25, -0.2) is 5.43 Å². The van der Waals surface area contributed by atoms with Crippen LogP contribution in [0.3, 0.4) is 0 Å². The molecule has 0 fully saturated rings. The van der Waals surface area contributed by atoms with Crippen LogP contribution in [-0.4, -0.2) is 18.7 Å². The van der Waals surface area contributed by atoms with Crippen LogP contribution < -0.4 is 14.9 Å². The van der Waals surface area contributed by atoms with Gasteiger partial charge in [0.15, 0.2) is 17.3 Å². The van der Waals surface area contributed by atoms with E-state index in [2.05, 4.69) is 26.5 Å². The number of benzene rings is 2. The number of amides is 1. The molecule has 1 heterocycles. The molecule has 1 N–H and O–H groups in total. The van der Waals surface area contributed by atoms with Gasteiger partial charge in [0.25, 0.3) is 0 Å². The second-order valence-electron chi connectivity index (χ2n) is 6.40. The number of halogens is 3. The Hall–Kier alpha value is -2.48. The Kier molecular flexibility index (Phi) is 8.01. The molecule has 3 rings (SSSR count). The van der Waals surface area contributed by atoms with Crippen LogP contribution in [0.15, 0.2) is 56.5 Å². The SMILES string of the molecule is CCOc1cc(/C=N\NC(=O)c2ccc(C)o2)cc(Br)c1OCc1ccc(Cl)cc1Cl. The lowest BCUT2D eigenvalue weighted by Gasteiger charge is -2.15. The number of furan rings is 1. The molecule has 0 radical (unpaired) electrons. The molecule has 0 atom stereocenters. The van der Waals surface area contributed by atoms with Crippen LogP contribution in [0.25, 0.3) is 0 Å². The number of carbonyl (C=O) groups excluding carboxylic acids is 1. The molecule has 0 aliphatic carbocycles. The van der Waals surface area contributed by atoms with Crippen molar-refractivity contribution in [2.75, 3.05) is 6.61 Å². The summed E-state index contributed by atoms with van der Waals surface area (Å²) in [5.74, 6) is 1.45. The molecule has 1 amide bonds. The van der Waals surface area contributed by atoms with Gasteiger partial charge < -0.3 is 13.9 Å². The van der Waals surface area contributed by atoms with Crippen LogP contribution in [0, 0.1) is 6.92 Å². The highest BCUT2D eigenvalue weighted by molar-refractivity contribution is 9.10. The van der Waals surface area contributed by atoms with Crippen molar-refractivity contribution in [3.05, 3.63) is 79.6 Å². The Morgan fingerprint density at radius 1 is 1.19 bits per heavy atom. The van der Waals surface area contributed by atoms with Crippen molar-refractivity contribution in [2.45, 2.75) is 20.5 Å². The van der Waals surface area contributed by atoms with E-state index in [4.69, 9.17) is 37.1 Å². The molecule has 6 nitrogen and oxygen atoms in total. The zero-order valence-corrected chi connectivity index (χ0v) is 19.8. The number of hydrogen-bond acceptors (Lipinski definition) is 5. The summed E-state index contributed by atoms with van der Waals surface area (Å²) in [6, 6.07) is 12.1. The highest BCUT2D eigenvalue weighted by Crippen LogP contribution is 2.37. The van der Waals surface area contributed by atoms with Crippen molar-refractivity contribution in [2.24, 2.45) is 5.10 Å². The average Bonchev–Trinajstić information content (AvgIpc) is 3.15. The maximum atomic E-state index is 12.0. The first-order chi connectivity index (χ1) is 14.9. The molecule has 3 aromatic rings. The van der Waals surface area contributed by atoms with Crippen molar-refractivity contribution in [3.63, 3.8) is 0 Å². The number of nitrogens with one attached hydrogen (secondary N) is 1. The van der Waals surface area contributed by atoms with E-state index in [1.165, 1.54) is 6.21 Å². The largest absolute Gasteiger partial charge is 0.490 e. The normalized spacial score (nSPS) is 11.0. The molecule has 0 saturated heterocycles. The van der Waals surface area contributed by atoms with Crippen LogP contribution >= 0.6 is 39.1 Å². The third-order valence-corrected chi connectivity index (χ3v) is 5.24. The van der Waals surface area contributed by atoms with Gasteiger partial charge in [-0.1, -0.05) is 29.3 Å². The van der Waals surface area contributed by atoms with Crippen molar-refractivity contribution >= 4 is 51.3 Å². The third-order valence-electron chi connectivity index (χ3n) is 4.06. The summed E-state index contributed by atoms with van der Waals surface area (Å²) in [5.41, 5.74) is 3.92. The van der Waals surface area contributed by atoms with E-state index >= 15 is 0 Å². The average molecular weight is 526 g/mol. The molecular weight excluding hydrogens is 507 g/mol. The number of nitrogens with zero attached hydrogens (tertiary/aromatic N) is 1. The summed E-state index contributed by atoms with van der Waals surface area (Å²) in [6.45, 7) is 4.32. The van der Waals surface area contributed by atoms with Gasteiger partial charge in [0.2, 0.25) is 0 Å². The van der Waals surface area contributed by atoms with Crippen LogP contribution in [-0.2, 0) is 6.61 Å². The van der Waals surface area contributed by atoms with Crippen LogP contribution in [0.2, 0.25) is 10.0 Å². The van der Waals surface area contributed by atoms with Gasteiger partial charge in [-0.05, 0) is 71.7 Å².